The van der Waals surface area contributed by atoms with Crippen molar-refractivity contribution in [3.63, 3.8) is 0 Å². The molecule has 2 saturated carbocycles. The van der Waals surface area contributed by atoms with E-state index in [-0.39, 0.29) is 20.4 Å². The van der Waals surface area contributed by atoms with Crippen LogP contribution >= 0.6 is 17.0 Å². The Morgan fingerprint density at radius 1 is 0.969 bits per heavy atom. The number of hydrogen-bond acceptors (Lipinski definition) is 0. The summed E-state index contributed by atoms with van der Waals surface area (Å²) in [5.74, 6) is 1.61. The van der Waals surface area contributed by atoms with Gasteiger partial charge in [0.1, 0.15) is 11.6 Å². The van der Waals surface area contributed by atoms with Crippen LogP contribution in [0.3, 0.4) is 0 Å². The second-order valence-electron chi connectivity index (χ2n) is 8.34. The van der Waals surface area contributed by atoms with Crippen LogP contribution in [0.4, 0.5) is 8.78 Å². The summed E-state index contributed by atoms with van der Waals surface area (Å²) in [6.45, 7) is 3.72. The molecule has 0 radical (unpaired) electrons. The van der Waals surface area contributed by atoms with Crippen molar-refractivity contribution < 1.29 is 29.6 Å². The molecule has 0 spiro atoms. The molecule has 0 aliphatic heterocycles. The molecule has 0 amide bonds. The first kappa shape index (κ1) is 31.8. The van der Waals surface area contributed by atoms with Crippen molar-refractivity contribution in [2.24, 2.45) is 23.7 Å². The minimum atomic E-state index is -0.826. The van der Waals surface area contributed by atoms with Crippen LogP contribution in [0, 0.1) is 50.2 Å². The number of hydrogen-bond donors (Lipinski definition) is 0. The fourth-order valence-electron chi connectivity index (χ4n) is 4.94. The Morgan fingerprint density at radius 3 is 2.16 bits per heavy atom. The van der Waals surface area contributed by atoms with Crippen LogP contribution < -0.4 is 0 Å². The minimum absolute atomic E-state index is 0. The van der Waals surface area contributed by atoms with Gasteiger partial charge >= 0.3 is 37.9 Å². The van der Waals surface area contributed by atoms with Gasteiger partial charge in [-0.05, 0) is 67.9 Å². The van der Waals surface area contributed by atoms with Crippen molar-refractivity contribution in [2.75, 3.05) is 0 Å². The van der Waals surface area contributed by atoms with E-state index < -0.39 is 32.5 Å². The Labute approximate surface area is 214 Å². The van der Waals surface area contributed by atoms with Crippen molar-refractivity contribution in [3.8, 4) is 0 Å². The second-order valence-corrected chi connectivity index (χ2v) is 12.1. The fraction of sp³-hybridized carbons (Fsp3) is 0.481. The van der Waals surface area contributed by atoms with Gasteiger partial charge < -0.3 is 14.9 Å². The van der Waals surface area contributed by atoms with Crippen molar-refractivity contribution in [3.05, 3.63) is 87.2 Å². The molecule has 2 fully saturated rings. The van der Waals surface area contributed by atoms with Gasteiger partial charge in [0.05, 0.1) is 0 Å². The van der Waals surface area contributed by atoms with Gasteiger partial charge in [0.25, 0.3) is 0 Å². The SMILES string of the molecule is C=CCCC1CCCC1.Fc1cccc(F)c1CC1CCC2C=CC=CC21.[CH3-].[CH3-].[Cl][Zr+2][Cl]. The van der Waals surface area contributed by atoms with Crippen molar-refractivity contribution in [1.29, 1.82) is 0 Å². The van der Waals surface area contributed by atoms with Crippen LogP contribution in [0.1, 0.15) is 56.9 Å². The van der Waals surface area contributed by atoms with E-state index in [1.807, 2.05) is 6.08 Å². The molecule has 0 nitrogen and oxygen atoms in total. The third kappa shape index (κ3) is 10.4. The van der Waals surface area contributed by atoms with Gasteiger partial charge in [-0.2, -0.15) is 0 Å². The summed E-state index contributed by atoms with van der Waals surface area (Å²) in [7, 11) is 9.87. The number of rotatable bonds is 5. The Morgan fingerprint density at radius 2 is 1.56 bits per heavy atom. The van der Waals surface area contributed by atoms with Gasteiger partial charge in [-0.25, -0.2) is 8.78 Å². The first-order valence-corrected chi connectivity index (χ1v) is 17.3. The topological polar surface area (TPSA) is 0 Å². The Bertz CT molecular complexity index is 679. The van der Waals surface area contributed by atoms with Gasteiger partial charge in [0.15, 0.2) is 0 Å². The molecule has 3 aliphatic rings. The first-order chi connectivity index (χ1) is 14.6. The molecule has 178 valence electrons. The van der Waals surface area contributed by atoms with Crippen LogP contribution in [-0.2, 0) is 27.3 Å². The molecule has 3 atom stereocenters. The molecule has 1 aromatic carbocycles. The van der Waals surface area contributed by atoms with Crippen LogP contribution in [0.5, 0.6) is 0 Å². The maximum atomic E-state index is 13.7. The zero-order valence-corrected chi connectivity index (χ0v) is 23.5. The summed E-state index contributed by atoms with van der Waals surface area (Å²) >= 11 is -0.826. The van der Waals surface area contributed by atoms with Crippen LogP contribution in [0.15, 0.2) is 55.2 Å². The van der Waals surface area contributed by atoms with E-state index in [1.54, 1.807) is 0 Å². The molecular formula is C27H38Cl2F2Zr. The average molecular weight is 563 g/mol. The van der Waals surface area contributed by atoms with Crippen molar-refractivity contribution in [1.82, 2.24) is 0 Å². The molecule has 0 bridgehead atoms. The van der Waals surface area contributed by atoms with Gasteiger partial charge in [-0.15, -0.1) is 6.58 Å². The number of fused-ring (bicyclic) bond motifs is 1. The molecule has 4 rings (SSSR count). The van der Waals surface area contributed by atoms with Crippen molar-refractivity contribution in [2.45, 2.75) is 57.8 Å². The summed E-state index contributed by atoms with van der Waals surface area (Å²) in [4.78, 5) is 0. The molecule has 1 aromatic rings. The second kappa shape index (κ2) is 18.1. The average Bonchev–Trinajstić information content (AvgIpc) is 3.41. The predicted molar refractivity (Wildman–Crippen MR) is 134 cm³/mol. The van der Waals surface area contributed by atoms with E-state index in [4.69, 9.17) is 17.0 Å². The summed E-state index contributed by atoms with van der Waals surface area (Å²) in [5.41, 5.74) is 0.256. The zero-order chi connectivity index (χ0) is 21.8. The van der Waals surface area contributed by atoms with E-state index in [1.165, 1.54) is 56.7 Å². The molecule has 3 unspecified atom stereocenters. The van der Waals surface area contributed by atoms with Gasteiger partial charge in [-0.1, -0.05) is 62.1 Å². The molecule has 0 aromatic heterocycles. The maximum absolute atomic E-state index is 13.7. The summed E-state index contributed by atoms with van der Waals surface area (Å²) in [6, 6.07) is 4.12. The zero-order valence-electron chi connectivity index (χ0n) is 19.5. The van der Waals surface area contributed by atoms with Crippen LogP contribution in [0.2, 0.25) is 0 Å². The third-order valence-corrected chi connectivity index (χ3v) is 6.49. The van der Waals surface area contributed by atoms with E-state index in [9.17, 15) is 8.78 Å². The van der Waals surface area contributed by atoms with E-state index >= 15 is 0 Å². The Kier molecular flexibility index (Phi) is 18.0. The van der Waals surface area contributed by atoms with E-state index in [2.05, 4.69) is 30.9 Å². The van der Waals surface area contributed by atoms with Crippen LogP contribution in [0.25, 0.3) is 0 Å². The van der Waals surface area contributed by atoms with E-state index in [0.717, 1.165) is 18.8 Å². The Hall–Kier alpha value is -0.237. The van der Waals surface area contributed by atoms with Gasteiger partial charge in [0, 0.05) is 5.56 Å². The van der Waals surface area contributed by atoms with Crippen molar-refractivity contribution >= 4 is 17.0 Å². The number of benzene rings is 1. The normalized spacial score (nSPS) is 22.7. The molecule has 5 heteroatoms. The molecule has 0 saturated heterocycles. The number of allylic oxidation sites excluding steroid dienone is 5. The van der Waals surface area contributed by atoms with Gasteiger partial charge in [-0.3, -0.25) is 0 Å². The predicted octanol–water partition coefficient (Wildman–Crippen LogP) is 9.70. The quantitative estimate of drug-likeness (QED) is 0.248. The summed E-state index contributed by atoms with van der Waals surface area (Å²) < 4.78 is 27.3. The molecule has 0 N–H and O–H groups in total. The first-order valence-electron chi connectivity index (χ1n) is 11.0. The number of halogens is 4. The van der Waals surface area contributed by atoms with E-state index in [0.29, 0.717) is 24.2 Å². The molecule has 0 heterocycles. The fourth-order valence-corrected chi connectivity index (χ4v) is 4.94. The monoisotopic (exact) mass is 560 g/mol. The van der Waals surface area contributed by atoms with Crippen LogP contribution in [-0.4, -0.2) is 0 Å². The molecule has 32 heavy (non-hydrogen) atoms. The summed E-state index contributed by atoms with van der Waals surface area (Å²) in [5, 5.41) is 0. The summed E-state index contributed by atoms with van der Waals surface area (Å²) in [6.07, 6.45) is 21.8. The van der Waals surface area contributed by atoms with Gasteiger partial charge in [0.2, 0.25) is 0 Å². The third-order valence-electron chi connectivity index (χ3n) is 6.49. The molecular weight excluding hydrogens is 524 g/mol. The Balaban J connectivity index is 0.000000586. The molecule has 3 aliphatic carbocycles. The standard InChI is InChI=1S/C16H16F2.C9H16.2CH3.2ClH.Zr/c17-15-6-3-7-16(18)14(15)10-12-9-8-11-4-1-2-5-13(11)12;1-2-3-6-9-7-4-5-8-9;;;;;/h1-7,11-13H,8-10H2;2,9H,1,3-8H2;2*1H3;2*1H;/q;;2*-1;;;+4/p-2.